The maximum absolute atomic E-state index is 12.0. The van der Waals surface area contributed by atoms with Crippen molar-refractivity contribution in [3.05, 3.63) is 0 Å². The first kappa shape index (κ1) is 13.8. The third kappa shape index (κ3) is 2.91. The first-order chi connectivity index (χ1) is 7.58. The second kappa shape index (κ2) is 5.90. The van der Waals surface area contributed by atoms with Crippen LogP contribution < -0.4 is 0 Å². The molecule has 1 saturated heterocycles. The number of hydrogen-bond acceptors (Lipinski definition) is 1. The van der Waals surface area contributed by atoms with Crippen LogP contribution in [0.3, 0.4) is 0 Å². The molecule has 1 unspecified atom stereocenters. The number of hydrogen-bond donors (Lipinski definition) is 0. The van der Waals surface area contributed by atoms with Gasteiger partial charge in [-0.3, -0.25) is 4.79 Å². The van der Waals surface area contributed by atoms with E-state index in [4.69, 9.17) is 11.6 Å². The Balaban J connectivity index is 2.51. The average Bonchev–Trinajstić information content (AvgIpc) is 2.37. The van der Waals surface area contributed by atoms with Gasteiger partial charge in [0.25, 0.3) is 0 Å². The quantitative estimate of drug-likeness (QED) is 0.696. The van der Waals surface area contributed by atoms with Crippen LogP contribution in [0.15, 0.2) is 0 Å². The lowest BCUT2D eigenvalue weighted by molar-refractivity contribution is -0.136. The number of halogens is 1. The van der Waals surface area contributed by atoms with E-state index in [0.29, 0.717) is 11.3 Å². The summed E-state index contributed by atoms with van der Waals surface area (Å²) in [5.74, 6) is 0.635. The molecule has 0 aliphatic carbocycles. The first-order valence-corrected chi connectivity index (χ1v) is 6.96. The molecule has 0 bridgehead atoms. The number of alkyl halides is 1. The molecule has 16 heavy (non-hydrogen) atoms. The van der Waals surface area contributed by atoms with E-state index in [0.717, 1.165) is 25.9 Å². The summed E-state index contributed by atoms with van der Waals surface area (Å²) < 4.78 is 0. The van der Waals surface area contributed by atoms with Crippen molar-refractivity contribution in [3.8, 4) is 0 Å². The molecule has 2 nitrogen and oxygen atoms in total. The highest BCUT2D eigenvalue weighted by molar-refractivity contribution is 6.19. The molecule has 1 fully saturated rings. The molecule has 0 aromatic rings. The monoisotopic (exact) mass is 245 g/mol. The van der Waals surface area contributed by atoms with Gasteiger partial charge < -0.3 is 4.90 Å². The highest BCUT2D eigenvalue weighted by atomic mass is 35.5. The van der Waals surface area contributed by atoms with Crippen LogP contribution in [0.25, 0.3) is 0 Å². The molecule has 0 radical (unpaired) electrons. The summed E-state index contributed by atoms with van der Waals surface area (Å²) in [6.45, 7) is 8.28. The van der Waals surface area contributed by atoms with Gasteiger partial charge >= 0.3 is 0 Å². The van der Waals surface area contributed by atoms with Crippen LogP contribution >= 0.6 is 11.6 Å². The highest BCUT2D eigenvalue weighted by Gasteiger charge is 2.33. The molecule has 0 spiro atoms. The molecule has 3 heteroatoms. The minimum atomic E-state index is -0.0302. The molecular formula is C13H24ClNO. The van der Waals surface area contributed by atoms with Crippen molar-refractivity contribution in [1.29, 1.82) is 0 Å². The van der Waals surface area contributed by atoms with Crippen LogP contribution in [0, 0.1) is 11.3 Å². The van der Waals surface area contributed by atoms with E-state index in [2.05, 4.69) is 13.8 Å². The molecule has 1 atom stereocenters. The Kier molecular flexibility index (Phi) is 5.10. The Hall–Kier alpha value is -0.240. The van der Waals surface area contributed by atoms with Crippen molar-refractivity contribution < 1.29 is 4.79 Å². The number of carbonyl (C=O) groups is 1. The molecular weight excluding hydrogens is 222 g/mol. The predicted molar refractivity (Wildman–Crippen MR) is 68.7 cm³/mol. The van der Waals surface area contributed by atoms with Gasteiger partial charge in [0.05, 0.1) is 0 Å². The Morgan fingerprint density at radius 3 is 2.19 bits per heavy atom. The van der Waals surface area contributed by atoms with Crippen LogP contribution in [0.2, 0.25) is 0 Å². The topological polar surface area (TPSA) is 20.3 Å². The fraction of sp³-hybridized carbons (Fsp3) is 0.923. The average molecular weight is 246 g/mol. The van der Waals surface area contributed by atoms with E-state index < -0.39 is 0 Å². The largest absolute Gasteiger partial charge is 0.342 e. The van der Waals surface area contributed by atoms with E-state index >= 15 is 0 Å². The van der Waals surface area contributed by atoms with Gasteiger partial charge in [0, 0.05) is 24.9 Å². The van der Waals surface area contributed by atoms with Gasteiger partial charge in [-0.15, -0.1) is 11.6 Å². The molecule has 0 saturated carbocycles. The second-order valence-electron chi connectivity index (χ2n) is 5.09. The van der Waals surface area contributed by atoms with Crippen LogP contribution in [-0.4, -0.2) is 29.8 Å². The first-order valence-electron chi connectivity index (χ1n) is 6.43. The number of amides is 1. The molecule has 94 valence electrons. The Morgan fingerprint density at radius 2 is 1.81 bits per heavy atom. The van der Waals surface area contributed by atoms with Crippen molar-refractivity contribution in [2.75, 3.05) is 19.0 Å². The molecule has 1 heterocycles. The van der Waals surface area contributed by atoms with E-state index in [1.807, 2.05) is 11.8 Å². The lowest BCUT2D eigenvalue weighted by atomic mass is 9.74. The molecule has 0 N–H and O–H groups in total. The molecule has 1 aliphatic rings. The number of nitrogens with zero attached hydrogens (tertiary/aromatic N) is 1. The smallest absolute Gasteiger partial charge is 0.226 e. The zero-order valence-electron chi connectivity index (χ0n) is 10.8. The fourth-order valence-corrected chi connectivity index (χ4v) is 2.67. The summed E-state index contributed by atoms with van der Waals surface area (Å²) in [6.07, 6.45) is 4.77. The summed E-state index contributed by atoms with van der Waals surface area (Å²) in [5.41, 5.74) is 0.487. The van der Waals surface area contributed by atoms with Crippen LogP contribution in [0.1, 0.15) is 46.5 Å². The van der Waals surface area contributed by atoms with Crippen molar-refractivity contribution >= 4 is 17.5 Å². The maximum atomic E-state index is 12.0. The van der Waals surface area contributed by atoms with Gasteiger partial charge in [0.2, 0.25) is 5.91 Å². The zero-order valence-corrected chi connectivity index (χ0v) is 11.5. The SMILES string of the molecule is CCC1(CC)CCN(C(=O)C(C)CCl)CC1. The molecule has 0 aromatic carbocycles. The van der Waals surface area contributed by atoms with Crippen LogP contribution in [0.4, 0.5) is 0 Å². The van der Waals surface area contributed by atoms with Gasteiger partial charge in [-0.1, -0.05) is 33.6 Å². The minimum Gasteiger partial charge on any atom is -0.342 e. The summed E-state index contributed by atoms with van der Waals surface area (Å²) in [4.78, 5) is 14.0. The number of carbonyl (C=O) groups excluding carboxylic acids is 1. The predicted octanol–water partition coefficient (Wildman–Crippen LogP) is 3.29. The molecule has 1 amide bonds. The highest BCUT2D eigenvalue weighted by Crippen LogP contribution is 2.38. The zero-order chi connectivity index (χ0) is 12.2. The van der Waals surface area contributed by atoms with Gasteiger partial charge in [-0.2, -0.15) is 0 Å². The van der Waals surface area contributed by atoms with Gasteiger partial charge in [0.1, 0.15) is 0 Å². The van der Waals surface area contributed by atoms with E-state index in [1.165, 1.54) is 12.8 Å². The van der Waals surface area contributed by atoms with Gasteiger partial charge in [-0.25, -0.2) is 0 Å². The van der Waals surface area contributed by atoms with Gasteiger partial charge in [-0.05, 0) is 18.3 Å². The number of rotatable bonds is 4. The molecule has 1 rings (SSSR count). The van der Waals surface area contributed by atoms with Crippen LogP contribution in [0.5, 0.6) is 0 Å². The van der Waals surface area contributed by atoms with Crippen molar-refractivity contribution in [3.63, 3.8) is 0 Å². The Morgan fingerprint density at radius 1 is 1.31 bits per heavy atom. The van der Waals surface area contributed by atoms with Gasteiger partial charge in [0.15, 0.2) is 0 Å². The Bertz CT molecular complexity index is 228. The summed E-state index contributed by atoms with van der Waals surface area (Å²) >= 11 is 5.73. The summed E-state index contributed by atoms with van der Waals surface area (Å²) in [7, 11) is 0. The van der Waals surface area contributed by atoms with E-state index in [1.54, 1.807) is 0 Å². The molecule has 0 aromatic heterocycles. The molecule has 1 aliphatic heterocycles. The fourth-order valence-electron chi connectivity index (χ4n) is 2.54. The standard InChI is InChI=1S/C13H24ClNO/c1-4-13(5-2)6-8-15(9-7-13)12(16)11(3)10-14/h11H,4-10H2,1-3H3. The van der Waals surface area contributed by atoms with Crippen molar-refractivity contribution in [2.24, 2.45) is 11.3 Å². The lowest BCUT2D eigenvalue weighted by Gasteiger charge is -2.41. The maximum Gasteiger partial charge on any atom is 0.226 e. The summed E-state index contributed by atoms with van der Waals surface area (Å²) in [6, 6.07) is 0. The number of likely N-dealkylation sites (tertiary alicyclic amines) is 1. The summed E-state index contributed by atoms with van der Waals surface area (Å²) in [5, 5.41) is 0. The Labute approximate surface area is 104 Å². The lowest BCUT2D eigenvalue weighted by Crippen LogP contribution is -2.45. The normalized spacial score (nSPS) is 21.9. The second-order valence-corrected chi connectivity index (χ2v) is 5.40. The minimum absolute atomic E-state index is 0.0302. The third-order valence-corrected chi connectivity index (χ3v) is 4.75. The van der Waals surface area contributed by atoms with Crippen molar-refractivity contribution in [1.82, 2.24) is 4.90 Å². The van der Waals surface area contributed by atoms with Crippen LogP contribution in [-0.2, 0) is 4.79 Å². The van der Waals surface area contributed by atoms with E-state index in [9.17, 15) is 4.79 Å². The van der Waals surface area contributed by atoms with E-state index in [-0.39, 0.29) is 11.8 Å². The number of piperidine rings is 1. The van der Waals surface area contributed by atoms with Crippen molar-refractivity contribution in [2.45, 2.75) is 46.5 Å². The third-order valence-electron chi connectivity index (χ3n) is 4.29.